The Balaban J connectivity index is 2.00. The Morgan fingerprint density at radius 2 is 2.00 bits per heavy atom. The minimum absolute atomic E-state index is 0.149. The van der Waals surface area contributed by atoms with Gasteiger partial charge in [0.05, 0.1) is 5.41 Å². The van der Waals surface area contributed by atoms with Crippen LogP contribution in [0, 0.1) is 0 Å². The number of aryl methyl sites for hydroxylation is 1. The molecule has 0 unspecified atom stereocenters. The summed E-state index contributed by atoms with van der Waals surface area (Å²) in [6.45, 7) is 0. The van der Waals surface area contributed by atoms with E-state index in [2.05, 4.69) is 4.98 Å². The first-order chi connectivity index (χ1) is 8.24. The highest BCUT2D eigenvalue weighted by Gasteiger charge is 2.52. The molecule has 1 aliphatic rings. The van der Waals surface area contributed by atoms with E-state index in [9.17, 15) is 4.79 Å². The number of hydrogen-bond acceptors (Lipinski definition) is 2. The fourth-order valence-electron chi connectivity index (χ4n) is 2.33. The third-order valence-electron chi connectivity index (χ3n) is 3.54. The van der Waals surface area contributed by atoms with Gasteiger partial charge in [0.15, 0.2) is 5.82 Å². The second kappa shape index (κ2) is 3.55. The van der Waals surface area contributed by atoms with Crippen LogP contribution in [0.2, 0.25) is 0 Å². The van der Waals surface area contributed by atoms with Crippen molar-refractivity contribution >= 4 is 5.78 Å². The van der Waals surface area contributed by atoms with Gasteiger partial charge in [0, 0.05) is 19.4 Å². The molecule has 0 aliphatic heterocycles. The van der Waals surface area contributed by atoms with Crippen LogP contribution in [-0.4, -0.2) is 15.3 Å². The smallest absolute Gasteiger partial charge is 0.208 e. The van der Waals surface area contributed by atoms with E-state index in [-0.39, 0.29) is 11.2 Å². The zero-order chi connectivity index (χ0) is 11.9. The van der Waals surface area contributed by atoms with E-state index in [0.717, 1.165) is 18.4 Å². The number of nitrogens with zero attached hydrogens (tertiary/aromatic N) is 2. The SMILES string of the molecule is Cn1ccnc1C(=O)C1(c2ccccc2)CC1. The van der Waals surface area contributed by atoms with Crippen LogP contribution in [0.3, 0.4) is 0 Å². The molecule has 1 saturated carbocycles. The second-order valence-electron chi connectivity index (χ2n) is 4.64. The summed E-state index contributed by atoms with van der Waals surface area (Å²) in [4.78, 5) is 16.7. The van der Waals surface area contributed by atoms with E-state index in [1.165, 1.54) is 0 Å². The minimum Gasteiger partial charge on any atom is -0.332 e. The molecule has 17 heavy (non-hydrogen) atoms. The Hall–Kier alpha value is -1.90. The zero-order valence-corrected chi connectivity index (χ0v) is 9.76. The molecule has 0 amide bonds. The van der Waals surface area contributed by atoms with Gasteiger partial charge >= 0.3 is 0 Å². The molecule has 1 aromatic carbocycles. The van der Waals surface area contributed by atoms with E-state index in [1.807, 2.05) is 43.6 Å². The van der Waals surface area contributed by atoms with Crippen LogP contribution in [-0.2, 0) is 12.5 Å². The molecule has 3 rings (SSSR count). The van der Waals surface area contributed by atoms with Gasteiger partial charge in [-0.05, 0) is 18.4 Å². The minimum atomic E-state index is -0.305. The standard InChI is InChI=1S/C14H14N2O/c1-16-10-9-15-13(16)12(17)14(7-8-14)11-5-3-2-4-6-11/h2-6,9-10H,7-8H2,1H3. The fourth-order valence-corrected chi connectivity index (χ4v) is 2.33. The van der Waals surface area contributed by atoms with Crippen molar-refractivity contribution in [1.29, 1.82) is 0 Å². The third kappa shape index (κ3) is 1.50. The average molecular weight is 226 g/mol. The highest BCUT2D eigenvalue weighted by Crippen LogP contribution is 2.50. The zero-order valence-electron chi connectivity index (χ0n) is 9.76. The predicted octanol–water partition coefficient (Wildman–Crippen LogP) is 2.33. The van der Waals surface area contributed by atoms with E-state index in [4.69, 9.17) is 0 Å². The van der Waals surface area contributed by atoms with Gasteiger partial charge in [-0.3, -0.25) is 4.79 Å². The lowest BCUT2D eigenvalue weighted by Gasteiger charge is -2.13. The van der Waals surface area contributed by atoms with Crippen molar-refractivity contribution in [2.24, 2.45) is 7.05 Å². The van der Waals surface area contributed by atoms with Gasteiger partial charge in [0.25, 0.3) is 0 Å². The first kappa shape index (κ1) is 10.3. The van der Waals surface area contributed by atoms with Crippen LogP contribution in [0.1, 0.15) is 29.0 Å². The fraction of sp³-hybridized carbons (Fsp3) is 0.286. The molecule has 3 heteroatoms. The van der Waals surface area contributed by atoms with Gasteiger partial charge in [-0.25, -0.2) is 4.98 Å². The van der Waals surface area contributed by atoms with Gasteiger partial charge < -0.3 is 4.57 Å². The number of benzene rings is 1. The first-order valence-corrected chi connectivity index (χ1v) is 5.82. The largest absolute Gasteiger partial charge is 0.332 e. The lowest BCUT2D eigenvalue weighted by molar-refractivity contribution is 0.0932. The molecule has 3 nitrogen and oxygen atoms in total. The molecule has 0 N–H and O–H groups in total. The van der Waals surface area contributed by atoms with E-state index >= 15 is 0 Å². The number of rotatable bonds is 3. The number of carbonyl (C=O) groups excluding carboxylic acids is 1. The van der Waals surface area contributed by atoms with Crippen LogP contribution in [0.5, 0.6) is 0 Å². The number of imidazole rings is 1. The molecule has 0 atom stereocenters. The van der Waals surface area contributed by atoms with E-state index < -0.39 is 0 Å². The summed E-state index contributed by atoms with van der Waals surface area (Å²) in [6, 6.07) is 10.0. The molecule has 0 spiro atoms. The van der Waals surface area contributed by atoms with Crippen molar-refractivity contribution in [2.45, 2.75) is 18.3 Å². The monoisotopic (exact) mass is 226 g/mol. The maximum Gasteiger partial charge on any atom is 0.208 e. The van der Waals surface area contributed by atoms with Crippen LogP contribution in [0.4, 0.5) is 0 Å². The Morgan fingerprint density at radius 3 is 2.53 bits per heavy atom. The molecule has 86 valence electrons. The normalized spacial score (nSPS) is 16.8. The van der Waals surface area contributed by atoms with Crippen molar-refractivity contribution in [3.05, 3.63) is 54.1 Å². The van der Waals surface area contributed by atoms with Crippen molar-refractivity contribution in [2.75, 3.05) is 0 Å². The summed E-state index contributed by atoms with van der Waals surface area (Å²) in [7, 11) is 1.86. The van der Waals surface area contributed by atoms with Crippen molar-refractivity contribution in [3.63, 3.8) is 0 Å². The molecule has 0 saturated heterocycles. The predicted molar refractivity (Wildman–Crippen MR) is 64.9 cm³/mol. The number of aromatic nitrogens is 2. The molecular formula is C14H14N2O. The number of Topliss-reactive ketones (excluding diaryl/α,β-unsaturated/α-hetero) is 1. The summed E-state index contributed by atoms with van der Waals surface area (Å²) in [5, 5.41) is 0. The van der Waals surface area contributed by atoms with Crippen molar-refractivity contribution in [1.82, 2.24) is 9.55 Å². The second-order valence-corrected chi connectivity index (χ2v) is 4.64. The summed E-state index contributed by atoms with van der Waals surface area (Å²) >= 11 is 0. The maximum absolute atomic E-state index is 12.5. The number of hydrogen-bond donors (Lipinski definition) is 0. The summed E-state index contributed by atoms with van der Waals surface area (Å²) in [5.41, 5.74) is 0.813. The summed E-state index contributed by atoms with van der Waals surface area (Å²) in [5.74, 6) is 0.711. The van der Waals surface area contributed by atoms with Gasteiger partial charge in [-0.2, -0.15) is 0 Å². The van der Waals surface area contributed by atoms with E-state index in [0.29, 0.717) is 5.82 Å². The van der Waals surface area contributed by atoms with E-state index in [1.54, 1.807) is 10.8 Å². The molecule has 1 fully saturated rings. The van der Waals surface area contributed by atoms with Gasteiger partial charge in [0.1, 0.15) is 0 Å². The van der Waals surface area contributed by atoms with Crippen molar-refractivity contribution in [3.8, 4) is 0 Å². The van der Waals surface area contributed by atoms with Gasteiger partial charge in [-0.1, -0.05) is 30.3 Å². The maximum atomic E-state index is 12.5. The molecule has 1 aliphatic carbocycles. The van der Waals surface area contributed by atoms with Gasteiger partial charge in [0.2, 0.25) is 5.78 Å². The quantitative estimate of drug-likeness (QED) is 0.753. The Kier molecular flexibility index (Phi) is 2.15. The third-order valence-corrected chi connectivity index (χ3v) is 3.54. The Morgan fingerprint density at radius 1 is 1.29 bits per heavy atom. The first-order valence-electron chi connectivity index (χ1n) is 5.82. The number of ketones is 1. The average Bonchev–Trinajstić information content (AvgIpc) is 3.07. The molecule has 1 aromatic heterocycles. The van der Waals surface area contributed by atoms with Crippen LogP contribution < -0.4 is 0 Å². The number of carbonyl (C=O) groups is 1. The van der Waals surface area contributed by atoms with Crippen LogP contribution >= 0.6 is 0 Å². The van der Waals surface area contributed by atoms with Crippen molar-refractivity contribution < 1.29 is 4.79 Å². The topological polar surface area (TPSA) is 34.9 Å². The lowest BCUT2D eigenvalue weighted by atomic mass is 9.91. The molecule has 1 heterocycles. The highest BCUT2D eigenvalue weighted by molar-refractivity contribution is 6.03. The molecule has 0 bridgehead atoms. The lowest BCUT2D eigenvalue weighted by Crippen LogP contribution is -2.23. The molecular weight excluding hydrogens is 212 g/mol. The van der Waals surface area contributed by atoms with Gasteiger partial charge in [-0.15, -0.1) is 0 Å². The Bertz CT molecular complexity index is 553. The highest BCUT2D eigenvalue weighted by atomic mass is 16.1. The van der Waals surface area contributed by atoms with Crippen LogP contribution in [0.15, 0.2) is 42.7 Å². The summed E-state index contributed by atoms with van der Waals surface area (Å²) in [6.07, 6.45) is 5.36. The van der Waals surface area contributed by atoms with Crippen LogP contribution in [0.25, 0.3) is 0 Å². The molecule has 2 aromatic rings. The molecule has 0 radical (unpaired) electrons. The Labute approximate surface area is 100 Å². The summed E-state index contributed by atoms with van der Waals surface area (Å²) < 4.78 is 1.80.